The van der Waals surface area contributed by atoms with Crippen LogP contribution in [0, 0.1) is 0 Å². The highest BCUT2D eigenvalue weighted by Gasteiger charge is 2.38. The Bertz CT molecular complexity index is 485. The van der Waals surface area contributed by atoms with Crippen molar-refractivity contribution in [3.8, 4) is 0 Å². The quantitative estimate of drug-likeness (QED) is 0.910. The molecule has 2 aliphatic carbocycles. The molecule has 96 valence electrons. The van der Waals surface area contributed by atoms with E-state index < -0.39 is 5.97 Å². The van der Waals surface area contributed by atoms with Crippen LogP contribution in [0.3, 0.4) is 0 Å². The van der Waals surface area contributed by atoms with Crippen molar-refractivity contribution in [3.05, 3.63) is 34.3 Å². The molecule has 0 aromatic heterocycles. The van der Waals surface area contributed by atoms with Gasteiger partial charge in [-0.3, -0.25) is 9.69 Å². The molecule has 18 heavy (non-hydrogen) atoms. The van der Waals surface area contributed by atoms with Gasteiger partial charge in [0.05, 0.1) is 6.54 Å². The van der Waals surface area contributed by atoms with Crippen LogP contribution in [-0.4, -0.2) is 28.6 Å². The summed E-state index contributed by atoms with van der Waals surface area (Å²) in [6, 6.07) is 6.72. The number of carboxylic acid groups (broad SMARTS) is 1. The van der Waals surface area contributed by atoms with E-state index in [1.54, 1.807) is 0 Å². The maximum atomic E-state index is 11.0. The van der Waals surface area contributed by atoms with E-state index in [9.17, 15) is 4.79 Å². The van der Waals surface area contributed by atoms with E-state index in [2.05, 4.69) is 11.0 Å². The summed E-state index contributed by atoms with van der Waals surface area (Å²) in [7, 11) is 0. The van der Waals surface area contributed by atoms with Crippen LogP contribution in [0.25, 0.3) is 0 Å². The average Bonchev–Trinajstić information content (AvgIpc) is 3.07. The van der Waals surface area contributed by atoms with Crippen molar-refractivity contribution >= 4 is 17.6 Å². The molecule has 0 bridgehead atoms. The van der Waals surface area contributed by atoms with Gasteiger partial charge in [-0.1, -0.05) is 17.7 Å². The molecule has 0 amide bonds. The van der Waals surface area contributed by atoms with E-state index in [-0.39, 0.29) is 12.6 Å². The summed E-state index contributed by atoms with van der Waals surface area (Å²) >= 11 is 6.00. The van der Waals surface area contributed by atoms with Gasteiger partial charge in [-0.05, 0) is 48.9 Å². The first-order valence-corrected chi connectivity index (χ1v) is 6.79. The number of halogens is 1. The summed E-state index contributed by atoms with van der Waals surface area (Å²) in [5.41, 5.74) is 2.55. The number of nitrogens with zero attached hydrogens (tertiary/aromatic N) is 1. The van der Waals surface area contributed by atoms with Gasteiger partial charge in [0.2, 0.25) is 0 Å². The van der Waals surface area contributed by atoms with Crippen LogP contribution in [0.15, 0.2) is 18.2 Å². The standard InChI is InChI=1S/C14H16ClNO2/c15-10-2-5-12-9(7-10)1-6-13(12)16(8-14(17)18)11-3-4-11/h2,5,7,11,13H,1,3-4,6,8H2,(H,17,18). The van der Waals surface area contributed by atoms with Gasteiger partial charge in [-0.15, -0.1) is 0 Å². The second kappa shape index (κ2) is 4.56. The lowest BCUT2D eigenvalue weighted by Gasteiger charge is -2.28. The number of rotatable bonds is 4. The third kappa shape index (κ3) is 2.25. The van der Waals surface area contributed by atoms with Crippen molar-refractivity contribution < 1.29 is 9.90 Å². The van der Waals surface area contributed by atoms with Gasteiger partial charge in [-0.25, -0.2) is 0 Å². The number of aliphatic carboxylic acids is 1. The monoisotopic (exact) mass is 265 g/mol. The van der Waals surface area contributed by atoms with Gasteiger partial charge in [-0.2, -0.15) is 0 Å². The predicted octanol–water partition coefficient (Wildman–Crippen LogP) is 2.88. The van der Waals surface area contributed by atoms with Gasteiger partial charge < -0.3 is 5.11 Å². The fraction of sp³-hybridized carbons (Fsp3) is 0.500. The fourth-order valence-electron chi connectivity index (χ4n) is 2.96. The summed E-state index contributed by atoms with van der Waals surface area (Å²) in [4.78, 5) is 13.2. The Labute approximate surface area is 111 Å². The number of aryl methyl sites for hydroxylation is 1. The molecule has 0 spiro atoms. The zero-order chi connectivity index (χ0) is 12.7. The van der Waals surface area contributed by atoms with Crippen LogP contribution in [0.4, 0.5) is 0 Å². The van der Waals surface area contributed by atoms with E-state index in [0.29, 0.717) is 6.04 Å². The normalized spacial score (nSPS) is 22.2. The Morgan fingerprint density at radius 2 is 2.17 bits per heavy atom. The lowest BCUT2D eigenvalue weighted by atomic mass is 10.1. The van der Waals surface area contributed by atoms with E-state index in [1.807, 2.05) is 12.1 Å². The molecule has 3 rings (SSSR count). The van der Waals surface area contributed by atoms with Crippen LogP contribution < -0.4 is 0 Å². The molecule has 1 saturated carbocycles. The Kier molecular flexibility index (Phi) is 3.04. The number of benzene rings is 1. The molecular weight excluding hydrogens is 250 g/mol. The molecule has 0 aliphatic heterocycles. The highest BCUT2D eigenvalue weighted by Crippen LogP contribution is 2.42. The minimum atomic E-state index is -0.732. The van der Waals surface area contributed by atoms with Crippen LogP contribution >= 0.6 is 11.6 Å². The topological polar surface area (TPSA) is 40.5 Å². The first-order chi connectivity index (χ1) is 8.65. The first-order valence-electron chi connectivity index (χ1n) is 6.41. The van der Waals surface area contributed by atoms with Crippen molar-refractivity contribution in [1.82, 2.24) is 4.90 Å². The zero-order valence-corrected chi connectivity index (χ0v) is 10.9. The molecule has 4 heteroatoms. The van der Waals surface area contributed by atoms with Crippen LogP contribution in [0.2, 0.25) is 5.02 Å². The number of carbonyl (C=O) groups is 1. The molecule has 2 aliphatic rings. The molecule has 0 heterocycles. The van der Waals surface area contributed by atoms with Crippen LogP contribution in [-0.2, 0) is 11.2 Å². The molecule has 1 aromatic carbocycles. The third-order valence-electron chi connectivity index (χ3n) is 3.89. The molecule has 1 fully saturated rings. The van der Waals surface area contributed by atoms with Crippen molar-refractivity contribution in [3.63, 3.8) is 0 Å². The van der Waals surface area contributed by atoms with Crippen molar-refractivity contribution in [2.75, 3.05) is 6.54 Å². The summed E-state index contributed by atoms with van der Waals surface area (Å²) in [5.74, 6) is -0.732. The zero-order valence-electron chi connectivity index (χ0n) is 10.1. The number of hydrogen-bond donors (Lipinski definition) is 1. The Balaban J connectivity index is 1.87. The molecule has 3 nitrogen and oxygen atoms in total. The lowest BCUT2D eigenvalue weighted by molar-refractivity contribution is -0.139. The highest BCUT2D eigenvalue weighted by atomic mass is 35.5. The van der Waals surface area contributed by atoms with E-state index in [4.69, 9.17) is 16.7 Å². The molecule has 1 aromatic rings. The summed E-state index contributed by atoms with van der Waals surface area (Å²) in [5, 5.41) is 9.82. The summed E-state index contributed by atoms with van der Waals surface area (Å²) < 4.78 is 0. The second-order valence-electron chi connectivity index (χ2n) is 5.19. The van der Waals surface area contributed by atoms with Crippen molar-refractivity contribution in [2.24, 2.45) is 0 Å². The van der Waals surface area contributed by atoms with E-state index in [0.717, 1.165) is 30.7 Å². The van der Waals surface area contributed by atoms with Gasteiger partial charge in [0.15, 0.2) is 0 Å². The summed E-state index contributed by atoms with van der Waals surface area (Å²) in [6.45, 7) is 0.150. The third-order valence-corrected chi connectivity index (χ3v) is 4.12. The van der Waals surface area contributed by atoms with E-state index in [1.165, 1.54) is 11.1 Å². The molecular formula is C14H16ClNO2. The maximum Gasteiger partial charge on any atom is 0.317 e. The fourth-order valence-corrected chi connectivity index (χ4v) is 3.16. The van der Waals surface area contributed by atoms with Crippen molar-refractivity contribution in [1.29, 1.82) is 0 Å². The molecule has 1 atom stereocenters. The van der Waals surface area contributed by atoms with Crippen LogP contribution in [0.1, 0.15) is 36.4 Å². The average molecular weight is 266 g/mol. The Morgan fingerprint density at radius 1 is 1.39 bits per heavy atom. The Morgan fingerprint density at radius 3 is 2.83 bits per heavy atom. The minimum Gasteiger partial charge on any atom is -0.480 e. The number of fused-ring (bicyclic) bond motifs is 1. The molecule has 0 radical (unpaired) electrons. The van der Waals surface area contributed by atoms with Crippen molar-refractivity contribution in [2.45, 2.75) is 37.8 Å². The van der Waals surface area contributed by atoms with Gasteiger partial charge >= 0.3 is 5.97 Å². The second-order valence-corrected chi connectivity index (χ2v) is 5.63. The summed E-state index contributed by atoms with van der Waals surface area (Å²) in [6.07, 6.45) is 4.28. The highest BCUT2D eigenvalue weighted by molar-refractivity contribution is 6.30. The molecule has 1 unspecified atom stereocenters. The van der Waals surface area contributed by atoms with Gasteiger partial charge in [0, 0.05) is 17.1 Å². The number of hydrogen-bond acceptors (Lipinski definition) is 2. The van der Waals surface area contributed by atoms with Crippen LogP contribution in [0.5, 0.6) is 0 Å². The number of carboxylic acids is 1. The smallest absolute Gasteiger partial charge is 0.317 e. The lowest BCUT2D eigenvalue weighted by Crippen LogP contribution is -2.34. The van der Waals surface area contributed by atoms with E-state index >= 15 is 0 Å². The molecule has 0 saturated heterocycles. The molecule has 1 N–H and O–H groups in total. The predicted molar refractivity (Wildman–Crippen MR) is 69.9 cm³/mol. The Hall–Kier alpha value is -1.06. The van der Waals surface area contributed by atoms with Gasteiger partial charge in [0.1, 0.15) is 0 Å². The minimum absolute atomic E-state index is 0.150. The first kappa shape index (κ1) is 12.0. The largest absolute Gasteiger partial charge is 0.480 e. The maximum absolute atomic E-state index is 11.0. The van der Waals surface area contributed by atoms with Gasteiger partial charge in [0.25, 0.3) is 0 Å². The SMILES string of the molecule is O=C(O)CN(C1CC1)C1CCc2cc(Cl)ccc21.